The van der Waals surface area contributed by atoms with Crippen LogP contribution in [0.4, 0.5) is 0 Å². The lowest BCUT2D eigenvalue weighted by molar-refractivity contribution is -0.140. The zero-order valence-corrected chi connectivity index (χ0v) is 17.9. The number of phenols is 1. The van der Waals surface area contributed by atoms with Gasteiger partial charge in [0.1, 0.15) is 23.4 Å². The van der Waals surface area contributed by atoms with Crippen molar-refractivity contribution in [1.82, 2.24) is 9.88 Å². The van der Waals surface area contributed by atoms with Gasteiger partial charge in [-0.25, -0.2) is 0 Å². The van der Waals surface area contributed by atoms with E-state index in [4.69, 9.17) is 4.74 Å². The first-order chi connectivity index (χ1) is 15.9. The monoisotopic (exact) mass is 442 g/mol. The molecule has 0 saturated carbocycles. The number of benzene rings is 2. The molecule has 0 aliphatic carbocycles. The van der Waals surface area contributed by atoms with Gasteiger partial charge in [0.2, 0.25) is 0 Å². The molecule has 0 bridgehead atoms. The van der Waals surface area contributed by atoms with Gasteiger partial charge < -0.3 is 19.8 Å². The molecular formula is C26H22N2O5. The summed E-state index contributed by atoms with van der Waals surface area (Å²) in [5.41, 5.74) is 2.77. The van der Waals surface area contributed by atoms with E-state index in [9.17, 15) is 19.8 Å². The van der Waals surface area contributed by atoms with Gasteiger partial charge in [0.25, 0.3) is 11.7 Å². The topological polar surface area (TPSA) is 100.0 Å². The lowest BCUT2D eigenvalue weighted by Crippen LogP contribution is -2.29. The van der Waals surface area contributed by atoms with Crippen LogP contribution >= 0.6 is 0 Å². The second-order valence-corrected chi connectivity index (χ2v) is 8.33. The standard InChI is InChI=1S/C26H22N2O5/c1-15-11-19-12-18(6-9-21(19)33-15)24(30)22-23(17-4-7-20(29)8-5-17)28(26(32)25(22)31)14-16-3-2-10-27-13-16/h2-10,12-13,15,23,29-30H,11,14H2,1H3/b24-22+. The summed E-state index contributed by atoms with van der Waals surface area (Å²) < 4.78 is 5.73. The lowest BCUT2D eigenvalue weighted by Gasteiger charge is -2.25. The van der Waals surface area contributed by atoms with E-state index >= 15 is 0 Å². The van der Waals surface area contributed by atoms with Crippen LogP contribution in [-0.2, 0) is 22.6 Å². The maximum atomic E-state index is 13.2. The van der Waals surface area contributed by atoms with Gasteiger partial charge in [-0.05, 0) is 60.0 Å². The van der Waals surface area contributed by atoms with E-state index in [2.05, 4.69) is 4.98 Å². The number of phenolic OH excluding ortho intramolecular Hbond substituents is 1. The first-order valence-corrected chi connectivity index (χ1v) is 10.7. The average Bonchev–Trinajstić information content (AvgIpc) is 3.31. The zero-order chi connectivity index (χ0) is 23.1. The molecule has 2 aliphatic rings. The summed E-state index contributed by atoms with van der Waals surface area (Å²) in [7, 11) is 0. The molecule has 166 valence electrons. The molecule has 1 aromatic heterocycles. The summed E-state index contributed by atoms with van der Waals surface area (Å²) in [6.07, 6.45) is 4.01. The van der Waals surface area contributed by atoms with E-state index in [1.165, 1.54) is 17.0 Å². The number of hydrogen-bond acceptors (Lipinski definition) is 6. The molecule has 7 heteroatoms. The van der Waals surface area contributed by atoms with Crippen molar-refractivity contribution in [2.24, 2.45) is 0 Å². The van der Waals surface area contributed by atoms with Crippen molar-refractivity contribution in [2.75, 3.05) is 0 Å². The van der Waals surface area contributed by atoms with Gasteiger partial charge in [-0.2, -0.15) is 0 Å². The molecule has 1 fully saturated rings. The van der Waals surface area contributed by atoms with Crippen LogP contribution in [-0.4, -0.2) is 37.9 Å². The Morgan fingerprint density at radius 1 is 1.15 bits per heavy atom. The number of aliphatic hydroxyl groups excluding tert-OH is 1. The smallest absolute Gasteiger partial charge is 0.295 e. The van der Waals surface area contributed by atoms with Gasteiger partial charge in [-0.3, -0.25) is 14.6 Å². The molecule has 1 amide bonds. The summed E-state index contributed by atoms with van der Waals surface area (Å²) in [5, 5.41) is 21.0. The highest BCUT2D eigenvalue weighted by Crippen LogP contribution is 2.41. The number of nitrogens with zero attached hydrogens (tertiary/aromatic N) is 2. The van der Waals surface area contributed by atoms with Crippen molar-refractivity contribution in [3.05, 3.63) is 94.8 Å². The number of aromatic hydroxyl groups is 1. The molecule has 2 unspecified atom stereocenters. The van der Waals surface area contributed by atoms with Crippen LogP contribution in [0.15, 0.2) is 72.6 Å². The third kappa shape index (κ3) is 3.71. The molecule has 2 atom stereocenters. The van der Waals surface area contributed by atoms with Crippen LogP contribution in [0, 0.1) is 0 Å². The van der Waals surface area contributed by atoms with Crippen LogP contribution in [0.5, 0.6) is 11.5 Å². The number of pyridine rings is 1. The second-order valence-electron chi connectivity index (χ2n) is 8.33. The van der Waals surface area contributed by atoms with Crippen molar-refractivity contribution >= 4 is 17.4 Å². The van der Waals surface area contributed by atoms with Gasteiger partial charge >= 0.3 is 0 Å². The van der Waals surface area contributed by atoms with Crippen LogP contribution in [0.1, 0.15) is 35.2 Å². The lowest BCUT2D eigenvalue weighted by atomic mass is 9.94. The van der Waals surface area contributed by atoms with E-state index in [1.807, 2.05) is 13.0 Å². The number of Topliss-reactive ketones (excluding diaryl/α,β-unsaturated/α-hetero) is 1. The van der Waals surface area contributed by atoms with Crippen LogP contribution in [0.2, 0.25) is 0 Å². The number of ketones is 1. The average molecular weight is 442 g/mol. The van der Waals surface area contributed by atoms with Gasteiger partial charge in [-0.1, -0.05) is 18.2 Å². The number of hydrogen-bond donors (Lipinski definition) is 2. The number of aromatic nitrogens is 1. The molecular weight excluding hydrogens is 420 g/mol. The maximum Gasteiger partial charge on any atom is 0.295 e. The predicted molar refractivity (Wildman–Crippen MR) is 120 cm³/mol. The quantitative estimate of drug-likeness (QED) is 0.363. The number of aliphatic hydroxyl groups is 1. The van der Waals surface area contributed by atoms with Crippen LogP contribution in [0.3, 0.4) is 0 Å². The highest BCUT2D eigenvalue weighted by atomic mass is 16.5. The third-order valence-corrected chi connectivity index (χ3v) is 5.99. The number of carbonyl (C=O) groups is 2. The molecule has 2 N–H and O–H groups in total. The Labute approximate surface area is 190 Å². The molecule has 3 heterocycles. The van der Waals surface area contributed by atoms with Gasteiger partial charge in [0.15, 0.2) is 0 Å². The SMILES string of the molecule is CC1Cc2cc(/C(O)=C3\C(=O)C(=O)N(Cc4cccnc4)C3c3ccc(O)cc3)ccc2O1. The Kier molecular flexibility index (Phi) is 5.09. The molecule has 7 nitrogen and oxygen atoms in total. The largest absolute Gasteiger partial charge is 0.508 e. The van der Waals surface area contributed by atoms with E-state index in [-0.39, 0.29) is 29.7 Å². The van der Waals surface area contributed by atoms with Crippen molar-refractivity contribution in [1.29, 1.82) is 0 Å². The fourth-order valence-electron chi connectivity index (χ4n) is 4.46. The Balaban J connectivity index is 1.62. The van der Waals surface area contributed by atoms with Gasteiger partial charge in [0, 0.05) is 30.9 Å². The second kappa shape index (κ2) is 8.09. The maximum absolute atomic E-state index is 13.2. The molecule has 3 aromatic rings. The van der Waals surface area contributed by atoms with Crippen LogP contribution < -0.4 is 4.74 Å². The number of ether oxygens (including phenoxy) is 1. The minimum Gasteiger partial charge on any atom is -0.508 e. The van der Waals surface area contributed by atoms with E-state index in [0.717, 1.165) is 16.9 Å². The molecule has 1 saturated heterocycles. The minimum absolute atomic E-state index is 0.0153. The number of fused-ring (bicyclic) bond motifs is 1. The number of carbonyl (C=O) groups excluding carboxylic acids is 2. The van der Waals surface area contributed by atoms with Gasteiger partial charge in [-0.15, -0.1) is 0 Å². The summed E-state index contributed by atoms with van der Waals surface area (Å²) in [5.74, 6) is -0.861. The number of rotatable bonds is 4. The van der Waals surface area contributed by atoms with E-state index < -0.39 is 17.7 Å². The Morgan fingerprint density at radius 3 is 2.67 bits per heavy atom. The van der Waals surface area contributed by atoms with Crippen LogP contribution in [0.25, 0.3) is 5.76 Å². The third-order valence-electron chi connectivity index (χ3n) is 5.99. The number of amides is 1. The molecule has 2 aliphatic heterocycles. The number of likely N-dealkylation sites (tertiary alicyclic amines) is 1. The van der Waals surface area contributed by atoms with Crippen molar-refractivity contribution in [2.45, 2.75) is 32.0 Å². The summed E-state index contributed by atoms with van der Waals surface area (Å²) in [6.45, 7) is 2.12. The fourth-order valence-corrected chi connectivity index (χ4v) is 4.46. The Bertz CT molecular complexity index is 1270. The van der Waals surface area contributed by atoms with Crippen molar-refractivity contribution < 1.29 is 24.5 Å². The predicted octanol–water partition coefficient (Wildman–Crippen LogP) is 3.73. The van der Waals surface area contributed by atoms with Gasteiger partial charge in [0.05, 0.1) is 11.6 Å². The molecule has 0 spiro atoms. The Hall–Kier alpha value is -4.13. The molecule has 2 aromatic carbocycles. The minimum atomic E-state index is -0.811. The van der Waals surface area contributed by atoms with E-state index in [0.29, 0.717) is 17.5 Å². The van der Waals surface area contributed by atoms with Crippen molar-refractivity contribution in [3.63, 3.8) is 0 Å². The van der Waals surface area contributed by atoms with Crippen molar-refractivity contribution in [3.8, 4) is 11.5 Å². The molecule has 33 heavy (non-hydrogen) atoms. The summed E-state index contributed by atoms with van der Waals surface area (Å²) in [4.78, 5) is 31.8. The first-order valence-electron chi connectivity index (χ1n) is 10.7. The first kappa shape index (κ1) is 20.8. The summed E-state index contributed by atoms with van der Waals surface area (Å²) >= 11 is 0. The normalized spacial score (nSPS) is 21.2. The summed E-state index contributed by atoms with van der Waals surface area (Å²) in [6, 6.07) is 14.3. The highest BCUT2D eigenvalue weighted by molar-refractivity contribution is 6.46. The zero-order valence-electron chi connectivity index (χ0n) is 17.9. The Morgan fingerprint density at radius 2 is 1.94 bits per heavy atom. The molecule has 0 radical (unpaired) electrons. The highest BCUT2D eigenvalue weighted by Gasteiger charge is 2.46. The fraction of sp³-hybridized carbons (Fsp3) is 0.192. The molecule has 5 rings (SSSR count). The van der Waals surface area contributed by atoms with E-state index in [1.54, 1.807) is 48.8 Å².